The van der Waals surface area contributed by atoms with Gasteiger partial charge in [-0.15, -0.1) is 0 Å². The fraction of sp³-hybridized carbons (Fsp3) is 0.333. The van der Waals surface area contributed by atoms with Gasteiger partial charge in [0.25, 0.3) is 0 Å². The van der Waals surface area contributed by atoms with Gasteiger partial charge in [0.1, 0.15) is 11.2 Å². The second-order valence-electron chi connectivity index (χ2n) is 4.35. The van der Waals surface area contributed by atoms with Crippen LogP contribution < -0.4 is 4.74 Å². The molecule has 3 heteroatoms. The molecular formula is C15H16N2O. The van der Waals surface area contributed by atoms with E-state index in [0.29, 0.717) is 0 Å². The molecule has 1 rings (SSSR count). The first kappa shape index (κ1) is 13.8. The highest BCUT2D eigenvalue weighted by atomic mass is 16.5. The number of rotatable bonds is 4. The Morgan fingerprint density at radius 2 is 1.78 bits per heavy atom. The van der Waals surface area contributed by atoms with E-state index in [9.17, 15) is 0 Å². The number of methoxy groups -OCH3 is 1. The number of nitrogens with zero attached hydrogens (tertiary/aromatic N) is 2. The maximum absolute atomic E-state index is 9.00. The lowest BCUT2D eigenvalue weighted by Crippen LogP contribution is -2.19. The van der Waals surface area contributed by atoms with Crippen molar-refractivity contribution in [1.29, 1.82) is 10.5 Å². The Morgan fingerprint density at radius 3 is 2.22 bits per heavy atom. The monoisotopic (exact) mass is 240 g/mol. The molecular weight excluding hydrogens is 224 g/mol. The van der Waals surface area contributed by atoms with Gasteiger partial charge in [-0.1, -0.05) is 31.2 Å². The zero-order valence-electron chi connectivity index (χ0n) is 10.8. The summed E-state index contributed by atoms with van der Waals surface area (Å²) in [7, 11) is 1.62. The second-order valence-corrected chi connectivity index (χ2v) is 4.35. The first-order chi connectivity index (χ1) is 8.55. The maximum atomic E-state index is 9.00. The van der Waals surface area contributed by atoms with Gasteiger partial charge < -0.3 is 4.74 Å². The Balaban J connectivity index is 2.81. The second kappa shape index (κ2) is 5.89. The van der Waals surface area contributed by atoms with Crippen molar-refractivity contribution in [2.24, 2.45) is 11.3 Å². The van der Waals surface area contributed by atoms with Crippen molar-refractivity contribution in [2.45, 2.75) is 13.8 Å². The Kier molecular flexibility index (Phi) is 4.52. The summed E-state index contributed by atoms with van der Waals surface area (Å²) in [5.41, 5.74) is 0.0315. The lowest BCUT2D eigenvalue weighted by Gasteiger charge is -2.17. The van der Waals surface area contributed by atoms with E-state index < -0.39 is 5.41 Å². The summed E-state index contributed by atoms with van der Waals surface area (Å²) in [4.78, 5) is 0. The van der Waals surface area contributed by atoms with Crippen LogP contribution >= 0.6 is 0 Å². The van der Waals surface area contributed by atoms with E-state index in [2.05, 4.69) is 12.1 Å². The maximum Gasteiger partial charge on any atom is 0.147 e. The standard InChI is InChI=1S/C15H16N2O/c1-12(15(2,10-16)11-17)4-5-13-6-8-14(18-3)9-7-13/h4-9,12H,1-3H3/b5-4+. The Hall–Kier alpha value is -2.26. The van der Waals surface area contributed by atoms with Crippen LogP contribution in [-0.4, -0.2) is 7.11 Å². The quantitative estimate of drug-likeness (QED) is 0.810. The fourth-order valence-electron chi connectivity index (χ4n) is 1.39. The molecule has 0 aliphatic heterocycles. The minimum Gasteiger partial charge on any atom is -0.497 e. The van der Waals surface area contributed by atoms with Crippen LogP contribution in [0.3, 0.4) is 0 Å². The van der Waals surface area contributed by atoms with Crippen molar-refractivity contribution in [3.05, 3.63) is 35.9 Å². The SMILES string of the molecule is COc1ccc(/C=C/C(C)C(C)(C#N)C#N)cc1. The van der Waals surface area contributed by atoms with Gasteiger partial charge in [-0.25, -0.2) is 0 Å². The van der Waals surface area contributed by atoms with Gasteiger partial charge in [-0.05, 0) is 24.6 Å². The molecule has 3 nitrogen and oxygen atoms in total. The molecule has 1 unspecified atom stereocenters. The Labute approximate surface area is 108 Å². The topological polar surface area (TPSA) is 56.8 Å². The highest BCUT2D eigenvalue weighted by molar-refractivity contribution is 5.51. The van der Waals surface area contributed by atoms with Crippen molar-refractivity contribution in [1.82, 2.24) is 0 Å². The highest BCUT2D eigenvalue weighted by Crippen LogP contribution is 2.27. The average Bonchev–Trinajstić information content (AvgIpc) is 2.44. The van der Waals surface area contributed by atoms with Gasteiger partial charge in [-0.2, -0.15) is 10.5 Å². The molecule has 0 aromatic heterocycles. The largest absolute Gasteiger partial charge is 0.497 e. The van der Waals surface area contributed by atoms with Crippen LogP contribution in [0.15, 0.2) is 30.3 Å². The summed E-state index contributed by atoms with van der Waals surface area (Å²) in [5, 5.41) is 18.0. The van der Waals surface area contributed by atoms with E-state index >= 15 is 0 Å². The van der Waals surface area contributed by atoms with Crippen molar-refractivity contribution < 1.29 is 4.74 Å². The summed E-state index contributed by atoms with van der Waals surface area (Å²) in [6, 6.07) is 11.7. The third kappa shape index (κ3) is 3.12. The van der Waals surface area contributed by atoms with Crippen LogP contribution in [0.2, 0.25) is 0 Å². The molecule has 0 radical (unpaired) electrons. The predicted molar refractivity (Wildman–Crippen MR) is 70.5 cm³/mol. The van der Waals surface area contributed by atoms with E-state index in [1.165, 1.54) is 0 Å². The summed E-state index contributed by atoms with van der Waals surface area (Å²) in [5.74, 6) is 0.675. The van der Waals surface area contributed by atoms with Crippen LogP contribution in [0.5, 0.6) is 5.75 Å². The van der Waals surface area contributed by atoms with Crippen molar-refractivity contribution in [3.8, 4) is 17.9 Å². The highest BCUT2D eigenvalue weighted by Gasteiger charge is 2.29. The molecule has 0 aliphatic rings. The van der Waals surface area contributed by atoms with E-state index in [0.717, 1.165) is 11.3 Å². The summed E-state index contributed by atoms with van der Waals surface area (Å²) in [6.07, 6.45) is 3.80. The van der Waals surface area contributed by atoms with Crippen molar-refractivity contribution in [3.63, 3.8) is 0 Å². The smallest absolute Gasteiger partial charge is 0.147 e. The van der Waals surface area contributed by atoms with Crippen LogP contribution in [0.25, 0.3) is 6.08 Å². The lowest BCUT2D eigenvalue weighted by atomic mass is 9.80. The number of hydrogen-bond acceptors (Lipinski definition) is 3. The van der Waals surface area contributed by atoms with E-state index in [4.69, 9.17) is 15.3 Å². The molecule has 1 atom stereocenters. The molecule has 0 saturated carbocycles. The number of benzene rings is 1. The Bertz CT molecular complexity index is 489. The van der Waals surface area contributed by atoms with Gasteiger partial charge in [0.05, 0.1) is 19.2 Å². The molecule has 0 saturated heterocycles. The lowest BCUT2D eigenvalue weighted by molar-refractivity contribution is 0.415. The van der Waals surface area contributed by atoms with Gasteiger partial charge in [0, 0.05) is 5.92 Å². The molecule has 0 aliphatic carbocycles. The zero-order valence-corrected chi connectivity index (χ0v) is 10.8. The number of ether oxygens (including phenoxy) is 1. The van der Waals surface area contributed by atoms with Crippen molar-refractivity contribution >= 4 is 6.08 Å². The minimum absolute atomic E-state index is 0.130. The van der Waals surface area contributed by atoms with Gasteiger partial charge in [-0.3, -0.25) is 0 Å². The molecule has 18 heavy (non-hydrogen) atoms. The molecule has 1 aromatic rings. The first-order valence-electron chi connectivity index (χ1n) is 5.70. The third-order valence-corrected chi connectivity index (χ3v) is 3.07. The van der Waals surface area contributed by atoms with Crippen molar-refractivity contribution in [2.75, 3.05) is 7.11 Å². The van der Waals surface area contributed by atoms with Crippen LogP contribution in [0, 0.1) is 34.0 Å². The van der Waals surface area contributed by atoms with Crippen LogP contribution in [0.4, 0.5) is 0 Å². The third-order valence-electron chi connectivity index (χ3n) is 3.07. The number of nitriles is 2. The predicted octanol–water partition coefficient (Wildman–Crippen LogP) is 3.40. The summed E-state index contributed by atoms with van der Waals surface area (Å²) in [6.45, 7) is 3.52. The normalized spacial score (nSPS) is 12.7. The molecule has 0 N–H and O–H groups in total. The fourth-order valence-corrected chi connectivity index (χ4v) is 1.39. The van der Waals surface area contributed by atoms with Gasteiger partial charge in [0.15, 0.2) is 0 Å². The van der Waals surface area contributed by atoms with E-state index in [-0.39, 0.29) is 5.92 Å². The van der Waals surface area contributed by atoms with Crippen LogP contribution in [-0.2, 0) is 0 Å². The van der Waals surface area contributed by atoms with Crippen LogP contribution in [0.1, 0.15) is 19.4 Å². The number of hydrogen-bond donors (Lipinski definition) is 0. The average molecular weight is 240 g/mol. The Morgan fingerprint density at radius 1 is 1.22 bits per heavy atom. The molecule has 0 fully saturated rings. The molecule has 92 valence electrons. The molecule has 0 bridgehead atoms. The van der Waals surface area contributed by atoms with Gasteiger partial charge >= 0.3 is 0 Å². The summed E-state index contributed by atoms with van der Waals surface area (Å²) >= 11 is 0. The van der Waals surface area contributed by atoms with E-state index in [1.54, 1.807) is 14.0 Å². The van der Waals surface area contributed by atoms with E-state index in [1.807, 2.05) is 43.3 Å². The molecule has 0 amide bonds. The first-order valence-corrected chi connectivity index (χ1v) is 5.70. The van der Waals surface area contributed by atoms with Gasteiger partial charge in [0.2, 0.25) is 0 Å². The zero-order chi connectivity index (χ0) is 13.6. The minimum atomic E-state index is -0.983. The molecule has 0 heterocycles. The number of allylic oxidation sites excluding steroid dienone is 1. The molecule has 0 spiro atoms. The summed E-state index contributed by atoms with van der Waals surface area (Å²) < 4.78 is 5.07. The molecule has 1 aromatic carbocycles.